The summed E-state index contributed by atoms with van der Waals surface area (Å²) < 4.78 is 0. The van der Waals surface area contributed by atoms with Gasteiger partial charge in [0.25, 0.3) is 0 Å². The Morgan fingerprint density at radius 3 is 0.500 bits per heavy atom. The summed E-state index contributed by atoms with van der Waals surface area (Å²) in [6, 6.07) is 0. The van der Waals surface area contributed by atoms with Gasteiger partial charge >= 0.3 is 34.1 Å². The molecule has 0 aliphatic carbocycles. The second-order valence-electron chi connectivity index (χ2n) is 0. The molecule has 2 radical (unpaired) electrons. The Morgan fingerprint density at radius 1 is 0.500 bits per heavy atom. The van der Waals surface area contributed by atoms with Crippen molar-refractivity contribution in [2.45, 2.75) is 0 Å². The fourth-order valence-corrected chi connectivity index (χ4v) is 0. The Labute approximate surface area is 56.5 Å². The number of rotatable bonds is 0. The van der Waals surface area contributed by atoms with Crippen LogP contribution >= 0.6 is 0 Å². The largest absolute Gasteiger partial charge is 3.00 e. The first kappa shape index (κ1) is 308. The first-order valence-electron chi connectivity index (χ1n) is 0. The number of hydrogen-bond acceptors (Lipinski definition) is 0. The van der Waals surface area contributed by atoms with E-state index in [1.54, 1.807) is 0 Å². The Morgan fingerprint density at radius 2 is 0.500 bits per heavy atom. The molecule has 0 saturated heterocycles. The molecule has 0 aromatic carbocycles. The van der Waals surface area contributed by atoms with E-state index in [4.69, 9.17) is 0 Å². The van der Waals surface area contributed by atoms with Crippen LogP contribution in [0.5, 0.6) is 0 Å². The third kappa shape index (κ3) is 95.0. The van der Waals surface area contributed by atoms with Crippen molar-refractivity contribution in [3.8, 4) is 0 Å². The van der Waals surface area contributed by atoms with Gasteiger partial charge in [0.2, 0.25) is 0 Å². The summed E-state index contributed by atoms with van der Waals surface area (Å²) in [6.07, 6.45) is 0. The minimum atomic E-state index is 0. The van der Waals surface area contributed by atoms with Gasteiger partial charge in [0, 0.05) is 0 Å². The average Bonchev–Trinajstić information content (AvgIpc) is 0. The second-order valence-corrected chi connectivity index (χ2v) is 0. The van der Waals surface area contributed by atoms with Crippen molar-refractivity contribution in [3.63, 3.8) is 0 Å². The zero-order valence-corrected chi connectivity index (χ0v) is 4.64. The van der Waals surface area contributed by atoms with Crippen molar-refractivity contribution in [3.05, 3.63) is 0 Å². The molecule has 0 bridgehead atoms. The Balaban J connectivity index is 0. The van der Waals surface area contributed by atoms with Crippen molar-refractivity contribution in [1.29, 1.82) is 0 Å². The monoisotopic (exact) mass is 178 g/mol. The summed E-state index contributed by atoms with van der Waals surface area (Å²) in [5.41, 5.74) is 0. The fraction of sp³-hybridized carbons (Fsp3) is 0. The second kappa shape index (κ2) is 181. The summed E-state index contributed by atoms with van der Waals surface area (Å²) in [5.74, 6) is 0. The van der Waals surface area contributed by atoms with Crippen LogP contribution in [0.2, 0.25) is 0 Å². The van der Waals surface area contributed by atoms with Crippen LogP contribution in [-0.2, 0) is 50.6 Å². The molecule has 2 N–H and O–H groups in total. The van der Waals surface area contributed by atoms with E-state index in [9.17, 15) is 0 Å². The molecule has 0 fully saturated rings. The molecule has 0 spiro atoms. The predicted molar refractivity (Wildman–Crippen MR) is 5.67 cm³/mol. The average molecular weight is 178 g/mol. The van der Waals surface area contributed by atoms with E-state index in [1.807, 2.05) is 0 Å². The Bertz CT molecular complexity index is 5.51. The van der Waals surface area contributed by atoms with Gasteiger partial charge in [0.1, 0.15) is 0 Å². The van der Waals surface area contributed by atoms with Gasteiger partial charge in [-0.3, -0.25) is 0 Å². The molecule has 0 saturated carbocycles. The van der Waals surface area contributed by atoms with Gasteiger partial charge in [-0.1, -0.05) is 0 Å². The van der Waals surface area contributed by atoms with Crippen LogP contribution in [-0.4, -0.2) is 5.48 Å². The van der Waals surface area contributed by atoms with Crippen LogP contribution < -0.4 is 0 Å². The van der Waals surface area contributed by atoms with Crippen molar-refractivity contribution in [2.24, 2.45) is 0 Å². The van der Waals surface area contributed by atoms with Gasteiger partial charge < -0.3 is 21.9 Å². The molecular weight excluding hydrogens is 176 g/mol. The zero-order chi connectivity index (χ0) is 0. The maximum atomic E-state index is 0. The van der Waals surface area contributed by atoms with Gasteiger partial charge in [0.05, 0.1) is 0 Å². The standard InChI is InChI=1S/2Fe.H2O.3O/h;;1H2;;;/q2*+3;;3*-2. The third-order valence-corrected chi connectivity index (χ3v) is 0. The molecule has 0 unspecified atom stereocenters. The van der Waals surface area contributed by atoms with Crippen molar-refractivity contribution in [2.75, 3.05) is 0 Å². The maximum Gasteiger partial charge on any atom is 3.00 e. The summed E-state index contributed by atoms with van der Waals surface area (Å²) in [5, 5.41) is 0. The molecule has 0 aromatic rings. The summed E-state index contributed by atoms with van der Waals surface area (Å²) in [7, 11) is 0. The van der Waals surface area contributed by atoms with Gasteiger partial charge in [0.15, 0.2) is 0 Å². The predicted octanol–water partition coefficient (Wildman–Crippen LogP) is -1.19. The number of hydrogen-bond donors (Lipinski definition) is 0. The zero-order valence-electron chi connectivity index (χ0n) is 2.43. The molecule has 0 heterocycles. The molecule has 6 heavy (non-hydrogen) atoms. The molecule has 4 nitrogen and oxygen atoms in total. The molecule has 0 aliphatic heterocycles. The molecule has 0 atom stereocenters. The van der Waals surface area contributed by atoms with Crippen LogP contribution in [0.4, 0.5) is 0 Å². The van der Waals surface area contributed by atoms with Crippen molar-refractivity contribution in [1.82, 2.24) is 0 Å². The van der Waals surface area contributed by atoms with Crippen molar-refractivity contribution >= 4 is 0 Å². The molecule has 0 amide bonds. The van der Waals surface area contributed by atoms with Gasteiger partial charge in [-0.2, -0.15) is 0 Å². The normalized spacial score (nSPS) is 0. The molecular formula is H2Fe2O4. The molecule has 0 aromatic heterocycles. The van der Waals surface area contributed by atoms with Crippen LogP contribution in [0.3, 0.4) is 0 Å². The molecule has 0 aliphatic rings. The van der Waals surface area contributed by atoms with Gasteiger partial charge in [-0.05, 0) is 0 Å². The first-order chi connectivity index (χ1) is 0. The van der Waals surface area contributed by atoms with Gasteiger partial charge in [-0.15, -0.1) is 0 Å². The SMILES string of the molecule is O.[Fe+3].[Fe+3].[O-2].[O-2].[O-2]. The first-order valence-corrected chi connectivity index (χ1v) is 0. The van der Waals surface area contributed by atoms with E-state index < -0.39 is 0 Å². The minimum absolute atomic E-state index is 0. The smallest absolute Gasteiger partial charge is 2.00 e. The van der Waals surface area contributed by atoms with E-state index in [0.717, 1.165) is 0 Å². The van der Waals surface area contributed by atoms with E-state index >= 15 is 0 Å². The van der Waals surface area contributed by atoms with Crippen LogP contribution in [0.15, 0.2) is 0 Å². The summed E-state index contributed by atoms with van der Waals surface area (Å²) in [4.78, 5) is 0. The Kier molecular flexibility index (Phi) is 9290. The summed E-state index contributed by atoms with van der Waals surface area (Å²) >= 11 is 0. The van der Waals surface area contributed by atoms with E-state index in [1.165, 1.54) is 0 Å². The summed E-state index contributed by atoms with van der Waals surface area (Å²) in [6.45, 7) is 0. The van der Waals surface area contributed by atoms with Crippen LogP contribution in [0.25, 0.3) is 0 Å². The molecule has 0 rings (SSSR count). The van der Waals surface area contributed by atoms with Gasteiger partial charge in [-0.25, -0.2) is 0 Å². The van der Waals surface area contributed by atoms with Crippen LogP contribution in [0, 0.1) is 0 Å². The van der Waals surface area contributed by atoms with Crippen molar-refractivity contribution < 1.29 is 56.0 Å². The topological polar surface area (TPSA) is 117 Å². The van der Waals surface area contributed by atoms with E-state index in [2.05, 4.69) is 0 Å². The van der Waals surface area contributed by atoms with E-state index in [0.29, 0.717) is 0 Å². The molecule has 42 valence electrons. The maximum absolute atomic E-state index is 0. The minimum Gasteiger partial charge on any atom is -2.00 e. The van der Waals surface area contributed by atoms with E-state index in [-0.39, 0.29) is 56.0 Å². The quantitative estimate of drug-likeness (QED) is 0.414. The van der Waals surface area contributed by atoms with Crippen LogP contribution in [0.1, 0.15) is 0 Å². The molecule has 6 heteroatoms. The fourth-order valence-electron chi connectivity index (χ4n) is 0. The Hall–Kier alpha value is 0.879. The third-order valence-electron chi connectivity index (χ3n) is 0.